The number of nitrogens with zero attached hydrogens (tertiary/aromatic N) is 1. The van der Waals surface area contributed by atoms with Crippen LogP contribution in [0, 0.1) is 0 Å². The second kappa shape index (κ2) is 2.71. The molecule has 4 heteroatoms. The van der Waals surface area contributed by atoms with Gasteiger partial charge >= 0.3 is 0 Å². The van der Waals surface area contributed by atoms with Crippen molar-refractivity contribution in [1.82, 2.24) is 4.90 Å². The Morgan fingerprint density at radius 1 is 1.50 bits per heavy atom. The minimum absolute atomic E-state index is 0.129. The summed E-state index contributed by atoms with van der Waals surface area (Å²) in [5.41, 5.74) is -0.163. The van der Waals surface area contributed by atoms with Gasteiger partial charge in [-0.3, -0.25) is 4.79 Å². The second-order valence-electron chi connectivity index (χ2n) is 3.46. The average Bonchev–Trinajstić information content (AvgIpc) is 2.02. The molecule has 0 saturated carbocycles. The van der Waals surface area contributed by atoms with E-state index in [2.05, 4.69) is 0 Å². The van der Waals surface area contributed by atoms with Crippen LogP contribution < -0.4 is 0 Å². The Labute approximate surface area is 71.4 Å². The molecule has 4 nitrogen and oxygen atoms in total. The van der Waals surface area contributed by atoms with Gasteiger partial charge in [0.1, 0.15) is 5.60 Å². The molecule has 0 unspecified atom stereocenters. The Bertz CT molecular complexity index is 200. The van der Waals surface area contributed by atoms with E-state index in [1.165, 1.54) is 0 Å². The molecule has 0 aromatic rings. The Morgan fingerprint density at radius 2 is 2.25 bits per heavy atom. The van der Waals surface area contributed by atoms with Crippen LogP contribution >= 0.6 is 0 Å². The molecule has 0 atom stereocenters. The van der Waals surface area contributed by atoms with Gasteiger partial charge in [0.2, 0.25) is 5.91 Å². The van der Waals surface area contributed by atoms with E-state index < -0.39 is 0 Å². The molecule has 1 spiro atoms. The van der Waals surface area contributed by atoms with Gasteiger partial charge in [0.05, 0.1) is 26.4 Å². The van der Waals surface area contributed by atoms with Gasteiger partial charge in [-0.05, 0) is 0 Å². The Morgan fingerprint density at radius 3 is 2.75 bits per heavy atom. The third kappa shape index (κ3) is 1.21. The van der Waals surface area contributed by atoms with E-state index >= 15 is 0 Å². The van der Waals surface area contributed by atoms with Crippen molar-refractivity contribution in [2.45, 2.75) is 12.5 Å². The number of rotatable bonds is 0. The van der Waals surface area contributed by atoms with E-state index in [0.717, 1.165) is 6.54 Å². The smallest absolute Gasteiger partial charge is 0.219 e. The molecule has 0 aliphatic carbocycles. The topological polar surface area (TPSA) is 38.8 Å². The number of hydrogen-bond donors (Lipinski definition) is 0. The molecule has 68 valence electrons. The lowest BCUT2D eigenvalue weighted by atomic mass is 10.00. The second-order valence-corrected chi connectivity index (χ2v) is 3.46. The number of hydrogen-bond acceptors (Lipinski definition) is 3. The fourth-order valence-corrected chi connectivity index (χ4v) is 1.62. The predicted octanol–water partition coefficient (Wildman–Crippen LogP) is -0.366. The molecule has 2 aliphatic heterocycles. The minimum atomic E-state index is -0.163. The van der Waals surface area contributed by atoms with Crippen molar-refractivity contribution < 1.29 is 14.3 Å². The SMILES string of the molecule is CC(=O)N1CCOC2(COC2)C1. The summed E-state index contributed by atoms with van der Waals surface area (Å²) in [4.78, 5) is 12.9. The lowest BCUT2D eigenvalue weighted by molar-refractivity contribution is -0.236. The first-order valence-electron chi connectivity index (χ1n) is 4.19. The summed E-state index contributed by atoms with van der Waals surface area (Å²) in [7, 11) is 0. The summed E-state index contributed by atoms with van der Waals surface area (Å²) in [5, 5.41) is 0. The van der Waals surface area contributed by atoms with Crippen molar-refractivity contribution in [1.29, 1.82) is 0 Å². The molecule has 0 bridgehead atoms. The molecule has 2 heterocycles. The highest BCUT2D eigenvalue weighted by Crippen LogP contribution is 2.26. The molecule has 1 amide bonds. The number of carbonyl (C=O) groups excluding carboxylic acids is 1. The van der Waals surface area contributed by atoms with Gasteiger partial charge in [-0.1, -0.05) is 0 Å². The van der Waals surface area contributed by atoms with Crippen LogP contribution in [0.1, 0.15) is 6.92 Å². The first-order valence-corrected chi connectivity index (χ1v) is 4.19. The maximum absolute atomic E-state index is 11.1. The maximum atomic E-state index is 11.1. The van der Waals surface area contributed by atoms with E-state index in [9.17, 15) is 4.79 Å². The van der Waals surface area contributed by atoms with Crippen molar-refractivity contribution in [3.05, 3.63) is 0 Å². The number of amides is 1. The van der Waals surface area contributed by atoms with Crippen molar-refractivity contribution >= 4 is 5.91 Å². The highest BCUT2D eigenvalue weighted by molar-refractivity contribution is 5.73. The summed E-state index contributed by atoms with van der Waals surface area (Å²) in [6, 6.07) is 0. The zero-order valence-electron chi connectivity index (χ0n) is 7.21. The van der Waals surface area contributed by atoms with Crippen LogP contribution in [0.5, 0.6) is 0 Å². The van der Waals surface area contributed by atoms with Gasteiger partial charge in [0, 0.05) is 13.5 Å². The van der Waals surface area contributed by atoms with Crippen LogP contribution in [0.2, 0.25) is 0 Å². The molecule has 0 radical (unpaired) electrons. The van der Waals surface area contributed by atoms with Crippen LogP contribution in [0.3, 0.4) is 0 Å². The van der Waals surface area contributed by atoms with Crippen LogP contribution in [0.4, 0.5) is 0 Å². The molecular weight excluding hydrogens is 158 g/mol. The average molecular weight is 171 g/mol. The Hall–Kier alpha value is -0.610. The fourth-order valence-electron chi connectivity index (χ4n) is 1.62. The molecule has 2 rings (SSSR count). The minimum Gasteiger partial charge on any atom is -0.375 e. The zero-order valence-corrected chi connectivity index (χ0v) is 7.21. The normalized spacial score (nSPS) is 26.9. The molecule has 0 aromatic heterocycles. The summed E-state index contributed by atoms with van der Waals surface area (Å²) >= 11 is 0. The van der Waals surface area contributed by atoms with E-state index in [4.69, 9.17) is 9.47 Å². The molecule has 2 aliphatic rings. The summed E-state index contributed by atoms with van der Waals surface area (Å²) in [6.45, 7) is 4.93. The Kier molecular flexibility index (Phi) is 1.81. The van der Waals surface area contributed by atoms with Gasteiger partial charge in [-0.15, -0.1) is 0 Å². The number of carbonyl (C=O) groups is 1. The van der Waals surface area contributed by atoms with E-state index in [1.807, 2.05) is 4.90 Å². The third-order valence-electron chi connectivity index (χ3n) is 2.42. The lowest BCUT2D eigenvalue weighted by Crippen LogP contribution is -2.63. The van der Waals surface area contributed by atoms with Crippen molar-refractivity contribution in [3.63, 3.8) is 0 Å². The van der Waals surface area contributed by atoms with E-state index in [0.29, 0.717) is 26.4 Å². The highest BCUT2D eigenvalue weighted by atomic mass is 16.6. The van der Waals surface area contributed by atoms with Crippen LogP contribution in [0.15, 0.2) is 0 Å². The number of morpholine rings is 1. The van der Waals surface area contributed by atoms with Gasteiger partial charge in [0.25, 0.3) is 0 Å². The fraction of sp³-hybridized carbons (Fsp3) is 0.875. The van der Waals surface area contributed by atoms with Gasteiger partial charge in [0.15, 0.2) is 0 Å². The molecule has 0 N–H and O–H groups in total. The molecule has 2 fully saturated rings. The van der Waals surface area contributed by atoms with E-state index in [-0.39, 0.29) is 11.5 Å². The molecule has 2 saturated heterocycles. The zero-order chi connectivity index (χ0) is 8.60. The Balaban J connectivity index is 1.98. The first kappa shape index (κ1) is 8.01. The summed E-state index contributed by atoms with van der Waals surface area (Å²) in [6.07, 6.45) is 0. The molecule has 0 aromatic carbocycles. The van der Waals surface area contributed by atoms with Crippen molar-refractivity contribution in [3.8, 4) is 0 Å². The summed E-state index contributed by atoms with van der Waals surface area (Å²) < 4.78 is 10.6. The van der Waals surface area contributed by atoms with Crippen LogP contribution in [-0.2, 0) is 14.3 Å². The van der Waals surface area contributed by atoms with Crippen molar-refractivity contribution in [2.24, 2.45) is 0 Å². The standard InChI is InChI=1S/C8H13NO3/c1-7(10)9-2-3-12-8(4-9)5-11-6-8/h2-6H2,1H3. The van der Waals surface area contributed by atoms with Crippen LogP contribution in [0.25, 0.3) is 0 Å². The molecular formula is C8H13NO3. The largest absolute Gasteiger partial charge is 0.375 e. The maximum Gasteiger partial charge on any atom is 0.219 e. The first-order chi connectivity index (χ1) is 5.72. The number of ether oxygens (including phenoxy) is 2. The highest BCUT2D eigenvalue weighted by Gasteiger charge is 2.44. The summed E-state index contributed by atoms with van der Waals surface area (Å²) in [5.74, 6) is 0.129. The third-order valence-corrected chi connectivity index (χ3v) is 2.42. The molecule has 12 heavy (non-hydrogen) atoms. The predicted molar refractivity (Wildman–Crippen MR) is 41.8 cm³/mol. The van der Waals surface area contributed by atoms with Crippen LogP contribution in [-0.4, -0.2) is 49.3 Å². The van der Waals surface area contributed by atoms with Gasteiger partial charge < -0.3 is 14.4 Å². The lowest BCUT2D eigenvalue weighted by Gasteiger charge is -2.47. The van der Waals surface area contributed by atoms with Gasteiger partial charge in [-0.25, -0.2) is 0 Å². The van der Waals surface area contributed by atoms with Gasteiger partial charge in [-0.2, -0.15) is 0 Å². The van der Waals surface area contributed by atoms with E-state index in [1.54, 1.807) is 6.92 Å². The van der Waals surface area contributed by atoms with Crippen molar-refractivity contribution in [2.75, 3.05) is 32.9 Å². The quantitative estimate of drug-likeness (QED) is 0.499. The monoisotopic (exact) mass is 171 g/mol.